The summed E-state index contributed by atoms with van der Waals surface area (Å²) in [6.45, 7) is 0.537. The van der Waals surface area contributed by atoms with Gasteiger partial charge in [0.15, 0.2) is 0 Å². The number of aliphatic hydroxyl groups excluding tert-OH is 1. The zero-order chi connectivity index (χ0) is 20.1. The van der Waals surface area contributed by atoms with Crippen LogP contribution in [0, 0.1) is 0 Å². The number of hydrogen-bond donors (Lipinski definition) is 1. The molecular formula is C25H26O4. The predicted octanol–water partition coefficient (Wildman–Crippen LogP) is 3.77. The molecule has 4 rings (SSSR count). The van der Waals surface area contributed by atoms with E-state index in [2.05, 4.69) is 36.4 Å². The number of rotatable bonds is 7. The molecule has 1 aliphatic rings. The van der Waals surface area contributed by atoms with E-state index < -0.39 is 17.8 Å². The van der Waals surface area contributed by atoms with E-state index >= 15 is 0 Å². The van der Waals surface area contributed by atoms with Gasteiger partial charge in [0, 0.05) is 7.11 Å². The summed E-state index contributed by atoms with van der Waals surface area (Å²) in [6, 6.07) is 30.6. The summed E-state index contributed by atoms with van der Waals surface area (Å²) < 4.78 is 18.0. The van der Waals surface area contributed by atoms with Gasteiger partial charge in [-0.3, -0.25) is 0 Å². The van der Waals surface area contributed by atoms with Crippen LogP contribution in [0.4, 0.5) is 0 Å². The average molecular weight is 390 g/mol. The Balaban J connectivity index is 1.80. The minimum atomic E-state index is -0.807. The second kappa shape index (κ2) is 8.89. The second-order valence-electron chi connectivity index (χ2n) is 7.23. The van der Waals surface area contributed by atoms with Crippen LogP contribution < -0.4 is 0 Å². The molecule has 4 nitrogen and oxygen atoms in total. The number of hydrogen-bond acceptors (Lipinski definition) is 4. The van der Waals surface area contributed by atoms with Gasteiger partial charge in [-0.15, -0.1) is 0 Å². The summed E-state index contributed by atoms with van der Waals surface area (Å²) in [5, 5.41) is 10.1. The van der Waals surface area contributed by atoms with E-state index in [1.54, 1.807) is 7.11 Å². The lowest BCUT2D eigenvalue weighted by molar-refractivity contribution is -0.0818. The molecule has 0 saturated carbocycles. The van der Waals surface area contributed by atoms with Crippen molar-refractivity contribution in [2.24, 2.45) is 0 Å². The molecule has 1 N–H and O–H groups in total. The minimum Gasteiger partial charge on any atom is -0.388 e. The van der Waals surface area contributed by atoms with Crippen LogP contribution in [0.15, 0.2) is 91.0 Å². The van der Waals surface area contributed by atoms with Crippen LogP contribution in [-0.2, 0) is 19.8 Å². The number of methoxy groups -OCH3 is 1. The van der Waals surface area contributed by atoms with E-state index in [1.165, 1.54) is 0 Å². The number of ether oxygens (including phenoxy) is 3. The van der Waals surface area contributed by atoms with Crippen molar-refractivity contribution in [3.63, 3.8) is 0 Å². The highest BCUT2D eigenvalue weighted by atomic mass is 16.6. The molecule has 0 spiro atoms. The van der Waals surface area contributed by atoms with E-state index in [-0.39, 0.29) is 19.3 Å². The van der Waals surface area contributed by atoms with Crippen LogP contribution in [0.2, 0.25) is 0 Å². The van der Waals surface area contributed by atoms with Crippen molar-refractivity contribution in [3.8, 4) is 0 Å². The van der Waals surface area contributed by atoms with Gasteiger partial charge in [0.1, 0.15) is 23.9 Å². The lowest BCUT2D eigenvalue weighted by atomic mass is 9.80. The van der Waals surface area contributed by atoms with Gasteiger partial charge in [-0.1, -0.05) is 91.0 Å². The first-order chi connectivity index (χ1) is 14.3. The Hall–Kier alpha value is -2.50. The molecular weight excluding hydrogens is 364 g/mol. The van der Waals surface area contributed by atoms with E-state index in [1.807, 2.05) is 54.6 Å². The fraction of sp³-hybridized carbons (Fsp3) is 0.280. The Kier molecular flexibility index (Phi) is 6.07. The Morgan fingerprint density at radius 2 is 1.28 bits per heavy atom. The molecule has 3 aromatic carbocycles. The third kappa shape index (κ3) is 3.85. The van der Waals surface area contributed by atoms with Gasteiger partial charge in [-0.05, 0) is 16.7 Å². The highest BCUT2D eigenvalue weighted by molar-refractivity contribution is 5.47. The largest absolute Gasteiger partial charge is 0.388 e. The van der Waals surface area contributed by atoms with Crippen molar-refractivity contribution in [2.75, 3.05) is 20.3 Å². The van der Waals surface area contributed by atoms with Gasteiger partial charge < -0.3 is 19.3 Å². The maximum Gasteiger partial charge on any atom is 0.143 e. The highest BCUT2D eigenvalue weighted by Gasteiger charge is 2.42. The molecule has 1 aliphatic heterocycles. The first-order valence-electron chi connectivity index (χ1n) is 9.88. The third-order valence-corrected chi connectivity index (χ3v) is 5.50. The molecule has 0 aliphatic carbocycles. The van der Waals surface area contributed by atoms with Crippen LogP contribution in [0.5, 0.6) is 0 Å². The van der Waals surface area contributed by atoms with Gasteiger partial charge in [-0.2, -0.15) is 0 Å². The fourth-order valence-electron chi connectivity index (χ4n) is 4.09. The predicted molar refractivity (Wildman–Crippen MR) is 112 cm³/mol. The SMILES string of the molecule is CO[C@H]1[C@H](O)CO[C@@H]1COC(c1ccccc1)(c1ccccc1)c1ccccc1. The molecule has 29 heavy (non-hydrogen) atoms. The zero-order valence-corrected chi connectivity index (χ0v) is 16.5. The maximum absolute atomic E-state index is 10.1. The third-order valence-electron chi connectivity index (χ3n) is 5.50. The first kappa shape index (κ1) is 19.8. The van der Waals surface area contributed by atoms with Crippen molar-refractivity contribution >= 4 is 0 Å². The zero-order valence-electron chi connectivity index (χ0n) is 16.5. The number of benzene rings is 3. The number of aliphatic hydroxyl groups is 1. The molecule has 0 aromatic heterocycles. The van der Waals surface area contributed by atoms with Gasteiger partial charge in [0.25, 0.3) is 0 Å². The van der Waals surface area contributed by atoms with Crippen molar-refractivity contribution < 1.29 is 19.3 Å². The summed E-state index contributed by atoms with van der Waals surface area (Å²) in [5.41, 5.74) is 2.29. The van der Waals surface area contributed by atoms with Gasteiger partial charge in [0.2, 0.25) is 0 Å². The van der Waals surface area contributed by atoms with Crippen molar-refractivity contribution in [1.82, 2.24) is 0 Å². The van der Waals surface area contributed by atoms with Crippen LogP contribution >= 0.6 is 0 Å². The minimum absolute atomic E-state index is 0.252. The normalized spacial score (nSPS) is 21.9. The fourth-order valence-corrected chi connectivity index (χ4v) is 4.09. The molecule has 150 valence electrons. The van der Waals surface area contributed by atoms with Crippen LogP contribution in [0.1, 0.15) is 16.7 Å². The molecule has 1 fully saturated rings. The van der Waals surface area contributed by atoms with Crippen molar-refractivity contribution in [2.45, 2.75) is 23.9 Å². The molecule has 0 unspecified atom stereocenters. The lowest BCUT2D eigenvalue weighted by Crippen LogP contribution is -2.40. The molecule has 3 atom stereocenters. The quantitative estimate of drug-likeness (QED) is 0.624. The maximum atomic E-state index is 10.1. The van der Waals surface area contributed by atoms with Crippen LogP contribution in [0.3, 0.4) is 0 Å². The van der Waals surface area contributed by atoms with Crippen LogP contribution in [-0.4, -0.2) is 43.7 Å². The molecule has 0 amide bonds. The summed E-state index contributed by atoms with van der Waals surface area (Å²) in [4.78, 5) is 0. The van der Waals surface area contributed by atoms with E-state index in [0.717, 1.165) is 16.7 Å². The lowest BCUT2D eigenvalue weighted by Gasteiger charge is -2.37. The Labute approximate surface area is 171 Å². The second-order valence-corrected chi connectivity index (χ2v) is 7.23. The molecule has 0 radical (unpaired) electrons. The topological polar surface area (TPSA) is 47.9 Å². The average Bonchev–Trinajstić information content (AvgIpc) is 3.16. The van der Waals surface area contributed by atoms with Gasteiger partial charge in [0.05, 0.1) is 13.2 Å². The van der Waals surface area contributed by atoms with E-state index in [9.17, 15) is 5.11 Å². The highest BCUT2D eigenvalue weighted by Crippen LogP contribution is 2.41. The Morgan fingerprint density at radius 3 is 1.69 bits per heavy atom. The van der Waals surface area contributed by atoms with Gasteiger partial charge in [-0.25, -0.2) is 0 Å². The molecule has 1 heterocycles. The Bertz CT molecular complexity index is 786. The van der Waals surface area contributed by atoms with Crippen molar-refractivity contribution in [3.05, 3.63) is 108 Å². The van der Waals surface area contributed by atoms with Crippen molar-refractivity contribution in [1.29, 1.82) is 0 Å². The van der Waals surface area contributed by atoms with Gasteiger partial charge >= 0.3 is 0 Å². The Morgan fingerprint density at radius 1 is 0.828 bits per heavy atom. The smallest absolute Gasteiger partial charge is 0.143 e. The summed E-state index contributed by atoms with van der Waals surface area (Å²) >= 11 is 0. The summed E-state index contributed by atoms with van der Waals surface area (Å²) in [5.74, 6) is 0. The van der Waals surface area contributed by atoms with E-state index in [0.29, 0.717) is 0 Å². The molecule has 3 aromatic rings. The summed E-state index contributed by atoms with van der Waals surface area (Å²) in [7, 11) is 1.59. The molecule has 1 saturated heterocycles. The monoisotopic (exact) mass is 390 g/mol. The molecule has 0 bridgehead atoms. The standard InChI is InChI=1S/C25H26O4/c1-27-24-22(26)17-28-23(24)18-29-25(19-11-5-2-6-12-19,20-13-7-3-8-14-20)21-15-9-4-10-16-21/h2-16,22-24,26H,17-18H2,1H3/t22-,23-,24+/m1/s1. The molecule has 4 heteroatoms. The van der Waals surface area contributed by atoms with E-state index in [4.69, 9.17) is 14.2 Å². The first-order valence-corrected chi connectivity index (χ1v) is 9.88. The van der Waals surface area contributed by atoms with Crippen LogP contribution in [0.25, 0.3) is 0 Å². The summed E-state index contributed by atoms with van der Waals surface area (Å²) in [6.07, 6.45) is -1.39.